The first-order chi connectivity index (χ1) is 14.6. The average molecular weight is 404 g/mol. The Labute approximate surface area is 178 Å². The Morgan fingerprint density at radius 2 is 1.80 bits per heavy atom. The van der Waals surface area contributed by atoms with Crippen LogP contribution in [0.3, 0.4) is 0 Å². The normalized spacial score (nSPS) is 16.7. The highest BCUT2D eigenvalue weighted by Crippen LogP contribution is 2.30. The van der Waals surface area contributed by atoms with Gasteiger partial charge in [-0.15, -0.1) is 0 Å². The van der Waals surface area contributed by atoms with Gasteiger partial charge in [0.15, 0.2) is 0 Å². The minimum Gasteiger partial charge on any atom is -0.457 e. The Morgan fingerprint density at radius 1 is 1.10 bits per heavy atom. The maximum atomic E-state index is 12.4. The fraction of sp³-hybridized carbons (Fsp3) is 0.440. The summed E-state index contributed by atoms with van der Waals surface area (Å²) in [6, 6.07) is 16.5. The quantitative estimate of drug-likeness (QED) is 0.717. The molecule has 2 aromatic carbocycles. The van der Waals surface area contributed by atoms with Crippen molar-refractivity contribution >= 4 is 5.91 Å². The van der Waals surface area contributed by atoms with Crippen LogP contribution in [-0.2, 0) is 12.8 Å². The maximum Gasteiger partial charge on any atom is 0.253 e. The third-order valence-corrected chi connectivity index (χ3v) is 6.35. The lowest BCUT2D eigenvalue weighted by molar-refractivity contribution is 0.0798. The van der Waals surface area contributed by atoms with Gasteiger partial charge in [-0.05, 0) is 73.2 Å². The van der Waals surface area contributed by atoms with Crippen molar-refractivity contribution in [2.24, 2.45) is 0 Å². The number of carbonyl (C=O) groups excluding carboxylic acids is 1. The molecule has 0 atom stereocenters. The van der Waals surface area contributed by atoms with E-state index in [0.717, 1.165) is 43.5 Å². The molecule has 2 aliphatic rings. The summed E-state index contributed by atoms with van der Waals surface area (Å²) in [5.74, 6) is 1.48. The van der Waals surface area contributed by atoms with Crippen LogP contribution < -0.4 is 4.74 Å². The van der Waals surface area contributed by atoms with Gasteiger partial charge >= 0.3 is 0 Å². The van der Waals surface area contributed by atoms with E-state index in [9.17, 15) is 4.79 Å². The maximum absolute atomic E-state index is 12.4. The first-order valence-electron chi connectivity index (χ1n) is 10.9. The number of hydrogen-bond donors (Lipinski definition) is 0. The van der Waals surface area contributed by atoms with Gasteiger partial charge in [-0.25, -0.2) is 0 Å². The lowest BCUT2D eigenvalue weighted by Crippen LogP contribution is -2.41. The fourth-order valence-electron chi connectivity index (χ4n) is 4.24. The van der Waals surface area contributed by atoms with E-state index in [4.69, 9.17) is 10.00 Å². The third-order valence-electron chi connectivity index (χ3n) is 6.35. The van der Waals surface area contributed by atoms with Crippen LogP contribution in [0.2, 0.25) is 0 Å². The van der Waals surface area contributed by atoms with Gasteiger partial charge in [0.1, 0.15) is 11.5 Å². The van der Waals surface area contributed by atoms with E-state index in [0.29, 0.717) is 18.5 Å². The fourth-order valence-corrected chi connectivity index (χ4v) is 4.24. The zero-order valence-corrected chi connectivity index (χ0v) is 17.6. The molecule has 0 spiro atoms. The van der Waals surface area contributed by atoms with E-state index < -0.39 is 0 Å². The summed E-state index contributed by atoms with van der Waals surface area (Å²) in [4.78, 5) is 16.6. The van der Waals surface area contributed by atoms with E-state index in [-0.39, 0.29) is 5.91 Å². The Morgan fingerprint density at radius 3 is 2.47 bits per heavy atom. The Balaban J connectivity index is 1.39. The predicted molar refractivity (Wildman–Crippen MR) is 117 cm³/mol. The lowest BCUT2D eigenvalue weighted by Gasteiger charge is -2.36. The Bertz CT molecular complexity index is 928. The first kappa shape index (κ1) is 20.4. The molecular formula is C25H29N3O2. The van der Waals surface area contributed by atoms with E-state index in [1.165, 1.54) is 30.4 Å². The van der Waals surface area contributed by atoms with Gasteiger partial charge in [0.05, 0.1) is 12.5 Å². The van der Waals surface area contributed by atoms with E-state index in [1.807, 2.05) is 18.2 Å². The Kier molecular flexibility index (Phi) is 6.35. The van der Waals surface area contributed by atoms with Gasteiger partial charge in [0.2, 0.25) is 0 Å². The average Bonchev–Trinajstić information content (AvgIpc) is 2.93. The van der Waals surface area contributed by atoms with Crippen molar-refractivity contribution in [1.82, 2.24) is 9.80 Å². The second kappa shape index (κ2) is 9.32. The number of amides is 1. The van der Waals surface area contributed by atoms with Gasteiger partial charge in [-0.3, -0.25) is 9.69 Å². The van der Waals surface area contributed by atoms with E-state index in [1.54, 1.807) is 24.1 Å². The van der Waals surface area contributed by atoms with Crippen molar-refractivity contribution < 1.29 is 9.53 Å². The largest absolute Gasteiger partial charge is 0.457 e. The summed E-state index contributed by atoms with van der Waals surface area (Å²) >= 11 is 0. The number of fused-ring (bicyclic) bond motifs is 1. The van der Waals surface area contributed by atoms with Crippen LogP contribution in [0, 0.1) is 11.3 Å². The van der Waals surface area contributed by atoms with Crippen molar-refractivity contribution in [3.8, 4) is 17.6 Å². The van der Waals surface area contributed by atoms with Gasteiger partial charge in [0, 0.05) is 38.3 Å². The number of nitrogens with zero attached hydrogens (tertiary/aromatic N) is 3. The molecule has 1 aliphatic carbocycles. The minimum atomic E-state index is -0.0853. The lowest BCUT2D eigenvalue weighted by atomic mass is 9.91. The molecule has 30 heavy (non-hydrogen) atoms. The summed E-state index contributed by atoms with van der Waals surface area (Å²) in [6.45, 7) is 2.73. The van der Waals surface area contributed by atoms with Crippen molar-refractivity contribution in [3.63, 3.8) is 0 Å². The summed E-state index contributed by atoms with van der Waals surface area (Å²) in [5.41, 5.74) is 3.42. The molecule has 0 saturated heterocycles. The smallest absolute Gasteiger partial charge is 0.253 e. The third kappa shape index (κ3) is 4.66. The van der Waals surface area contributed by atoms with Gasteiger partial charge in [0.25, 0.3) is 5.91 Å². The molecule has 0 N–H and O–H groups in total. The van der Waals surface area contributed by atoms with Crippen molar-refractivity contribution in [2.45, 2.75) is 44.6 Å². The monoisotopic (exact) mass is 403 g/mol. The summed E-state index contributed by atoms with van der Waals surface area (Å²) in [5, 5.41) is 8.68. The van der Waals surface area contributed by atoms with E-state index >= 15 is 0 Å². The van der Waals surface area contributed by atoms with E-state index in [2.05, 4.69) is 23.1 Å². The van der Waals surface area contributed by atoms with Crippen LogP contribution in [0.5, 0.6) is 11.5 Å². The zero-order chi connectivity index (χ0) is 20.9. The predicted octanol–water partition coefficient (Wildman–Crippen LogP) is 4.42. The SMILES string of the molecule is CN(CCC#N)C(=O)c1ccc(Oc2ccc3c(c2)CCN(C2CCC2)CC3)cc1. The van der Waals surface area contributed by atoms with Crippen LogP contribution >= 0.6 is 0 Å². The second-order valence-electron chi connectivity index (χ2n) is 8.31. The van der Waals surface area contributed by atoms with Crippen LogP contribution in [-0.4, -0.2) is 48.4 Å². The number of carbonyl (C=O) groups is 1. The molecule has 1 aliphatic heterocycles. The number of rotatable bonds is 6. The van der Waals surface area contributed by atoms with Crippen molar-refractivity contribution in [2.75, 3.05) is 26.7 Å². The standard InChI is InChI=1S/C25H29N3O2/c1-27(15-3-14-26)25(29)20-7-9-23(10-8-20)30-24-11-6-19-12-16-28(22-4-2-5-22)17-13-21(19)18-24/h6-11,18,22H,2-5,12-13,15-17H2,1H3. The minimum absolute atomic E-state index is 0.0853. The molecule has 0 aromatic heterocycles. The number of hydrogen-bond acceptors (Lipinski definition) is 4. The van der Waals surface area contributed by atoms with Gasteiger partial charge < -0.3 is 9.64 Å². The number of ether oxygens (including phenoxy) is 1. The van der Waals surface area contributed by atoms with Gasteiger partial charge in [-0.2, -0.15) is 5.26 Å². The van der Waals surface area contributed by atoms with Crippen LogP contribution in [0.25, 0.3) is 0 Å². The number of nitriles is 1. The zero-order valence-electron chi connectivity index (χ0n) is 17.6. The highest BCUT2D eigenvalue weighted by atomic mass is 16.5. The molecule has 0 unspecified atom stereocenters. The molecule has 5 nitrogen and oxygen atoms in total. The summed E-state index contributed by atoms with van der Waals surface area (Å²) in [7, 11) is 1.71. The molecule has 5 heteroatoms. The molecule has 2 aromatic rings. The molecule has 1 heterocycles. The molecule has 156 valence electrons. The number of benzene rings is 2. The first-order valence-corrected chi connectivity index (χ1v) is 10.9. The van der Waals surface area contributed by atoms with Crippen LogP contribution in [0.4, 0.5) is 0 Å². The highest BCUT2D eigenvalue weighted by molar-refractivity contribution is 5.94. The van der Waals surface area contributed by atoms with Crippen molar-refractivity contribution in [1.29, 1.82) is 5.26 Å². The van der Waals surface area contributed by atoms with Crippen LogP contribution in [0.1, 0.15) is 47.2 Å². The van der Waals surface area contributed by atoms with Crippen LogP contribution in [0.15, 0.2) is 42.5 Å². The molecule has 1 saturated carbocycles. The second-order valence-corrected chi connectivity index (χ2v) is 8.31. The molecule has 1 amide bonds. The highest BCUT2D eigenvalue weighted by Gasteiger charge is 2.26. The molecule has 4 rings (SSSR count). The van der Waals surface area contributed by atoms with Gasteiger partial charge in [-0.1, -0.05) is 12.5 Å². The summed E-state index contributed by atoms with van der Waals surface area (Å²) in [6.07, 6.45) is 6.62. The topological polar surface area (TPSA) is 56.6 Å². The summed E-state index contributed by atoms with van der Waals surface area (Å²) < 4.78 is 6.07. The molecule has 1 fully saturated rings. The molecule has 0 radical (unpaired) electrons. The Hall–Kier alpha value is -2.84. The molecular weight excluding hydrogens is 374 g/mol. The van der Waals surface area contributed by atoms with Crippen molar-refractivity contribution in [3.05, 3.63) is 59.2 Å². The molecule has 0 bridgehead atoms.